The second kappa shape index (κ2) is 6.11. The van der Waals surface area contributed by atoms with E-state index in [1.807, 2.05) is 25.1 Å². The number of benzene rings is 1. The lowest BCUT2D eigenvalue weighted by atomic mass is 9.74. The molecule has 0 unspecified atom stereocenters. The monoisotopic (exact) mass is 270 g/mol. The summed E-state index contributed by atoms with van der Waals surface area (Å²) < 4.78 is 0. The van der Waals surface area contributed by atoms with Crippen molar-refractivity contribution in [2.75, 3.05) is 6.54 Å². The molecule has 1 aromatic carbocycles. The van der Waals surface area contributed by atoms with Crippen molar-refractivity contribution in [1.82, 2.24) is 5.32 Å². The van der Waals surface area contributed by atoms with E-state index in [9.17, 15) is 4.79 Å². The smallest absolute Gasteiger partial charge is 0.252 e. The van der Waals surface area contributed by atoms with E-state index in [0.29, 0.717) is 12.1 Å². The zero-order chi connectivity index (χ0) is 14.6. The Balaban J connectivity index is 2.25. The van der Waals surface area contributed by atoms with Crippen LogP contribution in [0.4, 0.5) is 0 Å². The van der Waals surface area contributed by atoms with Crippen LogP contribution in [0.25, 0.3) is 0 Å². The van der Waals surface area contributed by atoms with Crippen LogP contribution in [0.5, 0.6) is 0 Å². The molecule has 0 radical (unpaired) electrons. The molecule has 3 nitrogen and oxygen atoms in total. The molecule has 1 amide bonds. The van der Waals surface area contributed by atoms with Crippen molar-refractivity contribution < 1.29 is 4.79 Å². The van der Waals surface area contributed by atoms with Crippen LogP contribution in [-0.4, -0.2) is 18.0 Å². The summed E-state index contributed by atoms with van der Waals surface area (Å²) in [6.45, 7) is 4.42. The van der Waals surface area contributed by atoms with Gasteiger partial charge >= 0.3 is 0 Å². The number of carbonyl (C=O) groups excluding carboxylic acids is 1. The van der Waals surface area contributed by atoms with Gasteiger partial charge in [-0.1, -0.05) is 24.8 Å². The number of rotatable bonds is 3. The summed E-state index contributed by atoms with van der Waals surface area (Å²) in [5.74, 6) is 5.81. The van der Waals surface area contributed by atoms with Crippen LogP contribution in [0.2, 0.25) is 0 Å². The lowest BCUT2D eigenvalue weighted by Gasteiger charge is -2.42. The SMILES string of the molecule is CCC1(NC(=O)c2ccc(C)cc2C#CCN)CCC1. The fourth-order valence-corrected chi connectivity index (χ4v) is 2.58. The van der Waals surface area contributed by atoms with Gasteiger partial charge in [-0.25, -0.2) is 0 Å². The summed E-state index contributed by atoms with van der Waals surface area (Å²) in [7, 11) is 0. The molecule has 0 heterocycles. The number of aryl methyl sites for hydroxylation is 1. The molecule has 2 rings (SSSR count). The highest BCUT2D eigenvalue weighted by Gasteiger charge is 2.36. The zero-order valence-corrected chi connectivity index (χ0v) is 12.3. The predicted molar refractivity (Wildman–Crippen MR) is 81.5 cm³/mol. The van der Waals surface area contributed by atoms with Crippen molar-refractivity contribution in [3.63, 3.8) is 0 Å². The summed E-state index contributed by atoms with van der Waals surface area (Å²) in [5.41, 5.74) is 7.93. The molecule has 0 atom stereocenters. The van der Waals surface area contributed by atoms with Gasteiger partial charge in [-0.05, 0) is 50.3 Å². The molecule has 3 heteroatoms. The Morgan fingerprint density at radius 3 is 2.75 bits per heavy atom. The van der Waals surface area contributed by atoms with Crippen molar-refractivity contribution in [3.8, 4) is 11.8 Å². The van der Waals surface area contributed by atoms with Crippen LogP contribution < -0.4 is 11.1 Å². The summed E-state index contributed by atoms with van der Waals surface area (Å²) >= 11 is 0. The molecule has 106 valence electrons. The Bertz CT molecular complexity index is 557. The summed E-state index contributed by atoms with van der Waals surface area (Å²) in [4.78, 5) is 12.5. The van der Waals surface area contributed by atoms with Gasteiger partial charge in [0.05, 0.1) is 12.1 Å². The standard InChI is InChI=1S/C17H22N2O/c1-3-17(9-5-10-17)19-16(20)15-8-7-13(2)12-14(15)6-4-11-18/h7-8,12H,3,5,9-11,18H2,1-2H3,(H,19,20). The molecule has 1 aromatic rings. The van der Waals surface area contributed by atoms with Crippen LogP contribution >= 0.6 is 0 Å². The van der Waals surface area contributed by atoms with Gasteiger partial charge in [0.2, 0.25) is 0 Å². The summed E-state index contributed by atoms with van der Waals surface area (Å²) in [6.07, 6.45) is 4.33. The first-order valence-electron chi connectivity index (χ1n) is 7.22. The van der Waals surface area contributed by atoms with Gasteiger partial charge in [-0.15, -0.1) is 0 Å². The van der Waals surface area contributed by atoms with E-state index >= 15 is 0 Å². The van der Waals surface area contributed by atoms with Gasteiger partial charge in [0.15, 0.2) is 0 Å². The maximum absolute atomic E-state index is 12.5. The van der Waals surface area contributed by atoms with E-state index in [2.05, 4.69) is 24.1 Å². The Kier molecular flexibility index (Phi) is 4.46. The van der Waals surface area contributed by atoms with E-state index in [4.69, 9.17) is 5.73 Å². The number of nitrogens with one attached hydrogen (secondary N) is 1. The average molecular weight is 270 g/mol. The quantitative estimate of drug-likeness (QED) is 0.828. The van der Waals surface area contributed by atoms with Gasteiger partial charge in [-0.2, -0.15) is 0 Å². The van der Waals surface area contributed by atoms with E-state index in [1.54, 1.807) is 0 Å². The van der Waals surface area contributed by atoms with Gasteiger partial charge in [-0.3, -0.25) is 4.79 Å². The fourth-order valence-electron chi connectivity index (χ4n) is 2.58. The van der Waals surface area contributed by atoms with Crippen molar-refractivity contribution in [2.24, 2.45) is 5.73 Å². The minimum atomic E-state index is -0.0205. The van der Waals surface area contributed by atoms with Crippen molar-refractivity contribution >= 4 is 5.91 Å². The largest absolute Gasteiger partial charge is 0.347 e. The maximum Gasteiger partial charge on any atom is 0.252 e. The minimum absolute atomic E-state index is 0.000531. The van der Waals surface area contributed by atoms with Crippen molar-refractivity contribution in [3.05, 3.63) is 34.9 Å². The van der Waals surface area contributed by atoms with Crippen LogP contribution in [0.1, 0.15) is 54.1 Å². The van der Waals surface area contributed by atoms with E-state index in [0.717, 1.165) is 30.4 Å². The molecular weight excluding hydrogens is 248 g/mol. The molecule has 1 aliphatic rings. The lowest BCUT2D eigenvalue weighted by Crippen LogP contribution is -2.53. The zero-order valence-electron chi connectivity index (χ0n) is 12.3. The second-order valence-electron chi connectivity index (χ2n) is 5.50. The molecule has 0 aromatic heterocycles. The normalized spacial score (nSPS) is 15.8. The topological polar surface area (TPSA) is 55.1 Å². The second-order valence-corrected chi connectivity index (χ2v) is 5.50. The van der Waals surface area contributed by atoms with Gasteiger partial charge in [0.1, 0.15) is 0 Å². The molecule has 0 spiro atoms. The van der Waals surface area contributed by atoms with Crippen LogP contribution in [0, 0.1) is 18.8 Å². The number of nitrogens with two attached hydrogens (primary N) is 1. The van der Waals surface area contributed by atoms with E-state index < -0.39 is 0 Å². The predicted octanol–water partition coefficient (Wildman–Crippen LogP) is 2.37. The van der Waals surface area contributed by atoms with Crippen molar-refractivity contribution in [2.45, 2.75) is 45.1 Å². The van der Waals surface area contributed by atoms with Crippen LogP contribution in [0.3, 0.4) is 0 Å². The van der Waals surface area contributed by atoms with Gasteiger partial charge < -0.3 is 11.1 Å². The van der Waals surface area contributed by atoms with Crippen LogP contribution in [0.15, 0.2) is 18.2 Å². The molecule has 1 fully saturated rings. The summed E-state index contributed by atoms with van der Waals surface area (Å²) in [6, 6.07) is 5.74. The van der Waals surface area contributed by atoms with Crippen molar-refractivity contribution in [1.29, 1.82) is 0 Å². The van der Waals surface area contributed by atoms with E-state index in [-0.39, 0.29) is 11.4 Å². The first-order chi connectivity index (χ1) is 9.60. The molecule has 3 N–H and O–H groups in total. The Morgan fingerprint density at radius 1 is 1.45 bits per heavy atom. The molecule has 0 bridgehead atoms. The highest BCUT2D eigenvalue weighted by Crippen LogP contribution is 2.34. The highest BCUT2D eigenvalue weighted by molar-refractivity contribution is 5.97. The van der Waals surface area contributed by atoms with Gasteiger partial charge in [0.25, 0.3) is 5.91 Å². The Morgan fingerprint density at radius 2 is 2.20 bits per heavy atom. The third-order valence-corrected chi connectivity index (χ3v) is 4.11. The first-order valence-corrected chi connectivity index (χ1v) is 7.22. The first kappa shape index (κ1) is 14.6. The number of hydrogen-bond acceptors (Lipinski definition) is 2. The lowest BCUT2D eigenvalue weighted by molar-refractivity contribution is 0.0820. The number of amides is 1. The molecule has 20 heavy (non-hydrogen) atoms. The van der Waals surface area contributed by atoms with Crippen LogP contribution in [-0.2, 0) is 0 Å². The third-order valence-electron chi connectivity index (χ3n) is 4.11. The number of carbonyl (C=O) groups is 1. The molecule has 0 aliphatic heterocycles. The Labute approximate surface area is 120 Å². The average Bonchev–Trinajstić information content (AvgIpc) is 2.40. The maximum atomic E-state index is 12.5. The van der Waals surface area contributed by atoms with Gasteiger partial charge in [0, 0.05) is 11.1 Å². The molecule has 1 aliphatic carbocycles. The summed E-state index contributed by atoms with van der Waals surface area (Å²) in [5, 5.41) is 3.19. The molecule has 0 saturated heterocycles. The minimum Gasteiger partial charge on any atom is -0.347 e. The molecule has 1 saturated carbocycles. The number of hydrogen-bond donors (Lipinski definition) is 2. The van der Waals surface area contributed by atoms with E-state index in [1.165, 1.54) is 6.42 Å². The Hall–Kier alpha value is -1.79. The fraction of sp³-hybridized carbons (Fsp3) is 0.471. The molecular formula is C17H22N2O. The highest BCUT2D eigenvalue weighted by atomic mass is 16.1. The third kappa shape index (κ3) is 3.02.